The Morgan fingerprint density at radius 1 is 0.711 bits per heavy atom. The standard InChI is InChI=1S/C32H36F4O2/c1-3-5-7-8-21-9-17-27(38-20-21)26-15-14-24(29(33)31(26)35)22-10-12-23(13-11-22)25-16-18-28(32(36)30(25)34)37-19-6-4-2/h10-16,18,21,27H,3-9,17,19-20H2,1-2H3. The van der Waals surface area contributed by atoms with Crippen LogP contribution < -0.4 is 4.74 Å². The Morgan fingerprint density at radius 2 is 1.34 bits per heavy atom. The number of hydrogen-bond acceptors (Lipinski definition) is 2. The van der Waals surface area contributed by atoms with E-state index in [9.17, 15) is 8.78 Å². The summed E-state index contributed by atoms with van der Waals surface area (Å²) in [6.07, 6.45) is 7.46. The molecule has 1 aliphatic rings. The summed E-state index contributed by atoms with van der Waals surface area (Å²) in [4.78, 5) is 0. The molecule has 2 unspecified atom stereocenters. The van der Waals surface area contributed by atoms with E-state index in [2.05, 4.69) is 6.92 Å². The lowest BCUT2D eigenvalue weighted by atomic mass is 9.90. The van der Waals surface area contributed by atoms with Crippen LogP contribution >= 0.6 is 0 Å². The van der Waals surface area contributed by atoms with Gasteiger partial charge in [-0.3, -0.25) is 0 Å². The molecule has 0 saturated carbocycles. The number of benzene rings is 3. The molecular formula is C32H36F4O2. The molecule has 2 nitrogen and oxygen atoms in total. The van der Waals surface area contributed by atoms with Gasteiger partial charge in [0.15, 0.2) is 23.2 Å². The van der Waals surface area contributed by atoms with Crippen molar-refractivity contribution in [1.82, 2.24) is 0 Å². The SMILES string of the molecule is CCCCCC1CCC(c2ccc(-c3ccc(-c4ccc(OCCCC)c(F)c4F)cc3)c(F)c2F)OC1. The number of unbranched alkanes of at least 4 members (excludes halogenated alkanes) is 3. The number of hydrogen-bond donors (Lipinski definition) is 0. The molecule has 1 heterocycles. The lowest BCUT2D eigenvalue weighted by Crippen LogP contribution is -2.21. The van der Waals surface area contributed by atoms with Gasteiger partial charge in [0.2, 0.25) is 5.82 Å². The zero-order chi connectivity index (χ0) is 27.1. The maximum Gasteiger partial charge on any atom is 0.201 e. The summed E-state index contributed by atoms with van der Waals surface area (Å²) in [7, 11) is 0. The Labute approximate surface area is 223 Å². The molecule has 6 heteroatoms. The van der Waals surface area contributed by atoms with Gasteiger partial charge in [0, 0.05) is 16.7 Å². The highest BCUT2D eigenvalue weighted by Crippen LogP contribution is 2.37. The highest BCUT2D eigenvalue weighted by atomic mass is 19.2. The molecule has 38 heavy (non-hydrogen) atoms. The third-order valence-electron chi connectivity index (χ3n) is 7.35. The second kappa shape index (κ2) is 13.3. The van der Waals surface area contributed by atoms with Gasteiger partial charge in [-0.05, 0) is 54.9 Å². The minimum absolute atomic E-state index is 0.0707. The van der Waals surface area contributed by atoms with Crippen LogP contribution in [0.25, 0.3) is 22.3 Å². The van der Waals surface area contributed by atoms with Crippen molar-refractivity contribution in [2.75, 3.05) is 13.2 Å². The molecule has 204 valence electrons. The van der Waals surface area contributed by atoms with Gasteiger partial charge in [-0.25, -0.2) is 13.2 Å². The summed E-state index contributed by atoms with van der Waals surface area (Å²) in [5.74, 6) is -3.52. The highest BCUT2D eigenvalue weighted by molar-refractivity contribution is 5.71. The van der Waals surface area contributed by atoms with E-state index in [1.807, 2.05) is 6.92 Å². The predicted octanol–water partition coefficient (Wildman–Crippen LogP) is 9.80. The normalized spacial score (nSPS) is 17.5. The Morgan fingerprint density at radius 3 is 1.95 bits per heavy atom. The van der Waals surface area contributed by atoms with Crippen LogP contribution in [0.2, 0.25) is 0 Å². The topological polar surface area (TPSA) is 18.5 Å². The van der Waals surface area contributed by atoms with Gasteiger partial charge >= 0.3 is 0 Å². The first-order valence-corrected chi connectivity index (χ1v) is 13.8. The number of ether oxygens (including phenoxy) is 2. The molecule has 0 aliphatic carbocycles. The largest absolute Gasteiger partial charge is 0.490 e. The van der Waals surface area contributed by atoms with Crippen LogP contribution in [0.15, 0.2) is 48.5 Å². The summed E-state index contributed by atoms with van der Waals surface area (Å²) in [6, 6.07) is 12.3. The molecule has 2 atom stereocenters. The lowest BCUT2D eigenvalue weighted by Gasteiger charge is -2.29. The molecule has 0 N–H and O–H groups in total. The first kappa shape index (κ1) is 28.2. The van der Waals surface area contributed by atoms with Gasteiger partial charge in [0.1, 0.15) is 0 Å². The molecular weight excluding hydrogens is 492 g/mol. The quantitative estimate of drug-likeness (QED) is 0.182. The van der Waals surface area contributed by atoms with Gasteiger partial charge in [-0.1, -0.05) is 75.9 Å². The first-order chi connectivity index (χ1) is 18.4. The van der Waals surface area contributed by atoms with Gasteiger partial charge in [0.05, 0.1) is 19.3 Å². The molecule has 0 amide bonds. The Kier molecular flexibility index (Phi) is 9.84. The Hall–Kier alpha value is -2.86. The number of halogens is 4. The van der Waals surface area contributed by atoms with Crippen LogP contribution in [0.5, 0.6) is 5.75 Å². The van der Waals surface area contributed by atoms with Crippen molar-refractivity contribution in [2.45, 2.75) is 71.3 Å². The van der Waals surface area contributed by atoms with Gasteiger partial charge in [-0.15, -0.1) is 0 Å². The zero-order valence-corrected chi connectivity index (χ0v) is 22.2. The van der Waals surface area contributed by atoms with Crippen molar-refractivity contribution in [3.8, 4) is 28.0 Å². The van der Waals surface area contributed by atoms with E-state index in [0.717, 1.165) is 25.7 Å². The van der Waals surface area contributed by atoms with Crippen molar-refractivity contribution >= 4 is 0 Å². The minimum atomic E-state index is -1.04. The number of rotatable bonds is 11. The van der Waals surface area contributed by atoms with Crippen LogP contribution in [0.4, 0.5) is 17.6 Å². The highest BCUT2D eigenvalue weighted by Gasteiger charge is 2.27. The van der Waals surface area contributed by atoms with Crippen LogP contribution in [0, 0.1) is 29.2 Å². The van der Waals surface area contributed by atoms with Gasteiger partial charge in [0.25, 0.3) is 0 Å². The van der Waals surface area contributed by atoms with E-state index in [-0.39, 0.29) is 22.4 Å². The summed E-state index contributed by atoms with van der Waals surface area (Å²) in [5.41, 5.74) is 1.29. The summed E-state index contributed by atoms with van der Waals surface area (Å²) in [6.45, 7) is 5.04. The fourth-order valence-corrected chi connectivity index (χ4v) is 5.02. The summed E-state index contributed by atoms with van der Waals surface area (Å²) >= 11 is 0. The van der Waals surface area contributed by atoms with Crippen LogP contribution in [0.1, 0.15) is 76.9 Å². The molecule has 0 spiro atoms. The van der Waals surface area contributed by atoms with E-state index in [1.165, 1.54) is 31.4 Å². The molecule has 0 bridgehead atoms. The second-order valence-corrected chi connectivity index (χ2v) is 10.1. The van der Waals surface area contributed by atoms with Crippen LogP contribution in [0.3, 0.4) is 0 Å². The summed E-state index contributed by atoms with van der Waals surface area (Å²) in [5, 5.41) is 0. The third-order valence-corrected chi connectivity index (χ3v) is 7.35. The first-order valence-electron chi connectivity index (χ1n) is 13.8. The maximum atomic E-state index is 15.1. The lowest BCUT2D eigenvalue weighted by molar-refractivity contribution is -0.0218. The van der Waals surface area contributed by atoms with Crippen molar-refractivity contribution in [1.29, 1.82) is 0 Å². The minimum Gasteiger partial charge on any atom is -0.490 e. The molecule has 0 radical (unpaired) electrons. The monoisotopic (exact) mass is 528 g/mol. The molecule has 4 rings (SSSR count). The van der Waals surface area contributed by atoms with E-state index >= 15 is 8.78 Å². The Balaban J connectivity index is 1.47. The van der Waals surface area contributed by atoms with Crippen molar-refractivity contribution < 1.29 is 27.0 Å². The van der Waals surface area contributed by atoms with Gasteiger partial charge in [-0.2, -0.15) is 4.39 Å². The van der Waals surface area contributed by atoms with Crippen molar-refractivity contribution in [2.24, 2.45) is 5.92 Å². The average Bonchev–Trinajstić information content (AvgIpc) is 2.94. The molecule has 1 aliphatic heterocycles. The fourth-order valence-electron chi connectivity index (χ4n) is 5.02. The van der Waals surface area contributed by atoms with Crippen molar-refractivity contribution in [3.05, 3.63) is 77.4 Å². The van der Waals surface area contributed by atoms with Crippen molar-refractivity contribution in [3.63, 3.8) is 0 Å². The maximum absolute atomic E-state index is 15.1. The van der Waals surface area contributed by atoms with E-state index in [0.29, 0.717) is 36.7 Å². The van der Waals surface area contributed by atoms with Gasteiger partial charge < -0.3 is 9.47 Å². The van der Waals surface area contributed by atoms with E-state index < -0.39 is 29.4 Å². The Bertz CT molecular complexity index is 1200. The molecule has 1 fully saturated rings. The molecule has 3 aromatic rings. The summed E-state index contributed by atoms with van der Waals surface area (Å²) < 4.78 is 70.8. The third kappa shape index (κ3) is 6.40. The molecule has 3 aromatic carbocycles. The predicted molar refractivity (Wildman–Crippen MR) is 143 cm³/mol. The molecule has 1 saturated heterocycles. The average molecular weight is 529 g/mol. The molecule has 0 aromatic heterocycles. The van der Waals surface area contributed by atoms with E-state index in [4.69, 9.17) is 9.47 Å². The van der Waals surface area contributed by atoms with Crippen LogP contribution in [-0.2, 0) is 4.74 Å². The second-order valence-electron chi connectivity index (χ2n) is 10.1. The fraction of sp³-hybridized carbons (Fsp3) is 0.438. The van der Waals surface area contributed by atoms with Crippen LogP contribution in [-0.4, -0.2) is 13.2 Å². The smallest absolute Gasteiger partial charge is 0.201 e. The van der Waals surface area contributed by atoms with E-state index in [1.54, 1.807) is 36.4 Å². The zero-order valence-electron chi connectivity index (χ0n) is 22.2.